The molecule has 1 aliphatic rings. The molecule has 0 fully saturated rings. The Kier molecular flexibility index (Phi) is 11.1. The number of nitrogens with zero attached hydrogens (tertiary/aromatic N) is 1. The van der Waals surface area contributed by atoms with E-state index < -0.39 is 8.07 Å². The highest BCUT2D eigenvalue weighted by Crippen LogP contribution is 2.40. The van der Waals surface area contributed by atoms with Gasteiger partial charge in [0.05, 0.1) is 11.0 Å². The lowest BCUT2D eigenvalue weighted by Crippen LogP contribution is -2.49. The van der Waals surface area contributed by atoms with Crippen LogP contribution in [0, 0.1) is 0 Å². The molecular weight excluding hydrogens is 931 g/mol. The lowest BCUT2D eigenvalue weighted by atomic mass is 9.96. The summed E-state index contributed by atoms with van der Waals surface area (Å²) in [7, 11) is -2.10. The largest absolute Gasteiger partial charge is 0.309 e. The molecule has 0 atom stereocenters. The van der Waals surface area contributed by atoms with Crippen LogP contribution in [0.25, 0.3) is 128 Å². The summed E-state index contributed by atoms with van der Waals surface area (Å²) >= 11 is 0. The van der Waals surface area contributed by atoms with E-state index in [0.29, 0.717) is 0 Å². The zero-order valence-corrected chi connectivity index (χ0v) is 43.6. The fourth-order valence-corrected chi connectivity index (χ4v) is 15.0. The van der Waals surface area contributed by atoms with E-state index in [4.69, 9.17) is 0 Å². The summed E-state index contributed by atoms with van der Waals surface area (Å²) in [5.74, 6) is 0. The molecule has 0 spiro atoms. The maximum atomic E-state index is 2.53. The minimum atomic E-state index is -2.10. The minimum absolute atomic E-state index is 1.20. The van der Waals surface area contributed by atoms with Gasteiger partial charge < -0.3 is 4.57 Å². The summed E-state index contributed by atoms with van der Waals surface area (Å²) in [6, 6.07) is 105. The lowest BCUT2D eigenvalue weighted by molar-refractivity contribution is 1.18. The molecule has 12 aromatic carbocycles. The average molecular weight is 984 g/mol. The summed E-state index contributed by atoms with van der Waals surface area (Å²) in [6.45, 7) is 5.06. The molecule has 13 aromatic rings. The molecule has 1 aromatic heterocycles. The SMILES string of the molecule is C[Si-]1(C)c2cc(-c3ccc(-c4ccccc4)cc3)ccc2-c2ccc(-n3c4ccc(-c5ccc(-c6ccc(-c7ccccc7)cc6)cc5)cc4c4cc(-c5ccc(-c6ccc(-c7ccccc7)cc6)cc5)ccc43)cc21. The fraction of sp³-hybridized carbons (Fsp3) is 0.0270. The number of aromatic nitrogens is 1. The third kappa shape index (κ3) is 8.03. The number of hydrogen-bond donors (Lipinski definition) is 0. The van der Waals surface area contributed by atoms with Crippen molar-refractivity contribution in [2.45, 2.75) is 13.1 Å². The van der Waals surface area contributed by atoms with E-state index in [-0.39, 0.29) is 0 Å². The topological polar surface area (TPSA) is 4.93 Å². The predicted octanol–water partition coefficient (Wildman–Crippen LogP) is 18.9. The molecule has 2 heteroatoms. The van der Waals surface area contributed by atoms with Gasteiger partial charge in [0.2, 0.25) is 0 Å². The van der Waals surface area contributed by atoms with Crippen LogP contribution < -0.4 is 10.4 Å². The van der Waals surface area contributed by atoms with Crippen LogP contribution in [0.2, 0.25) is 13.1 Å². The highest BCUT2D eigenvalue weighted by Gasteiger charge is 2.28. The van der Waals surface area contributed by atoms with Gasteiger partial charge in [-0.3, -0.25) is 0 Å². The lowest BCUT2D eigenvalue weighted by Gasteiger charge is -2.32. The van der Waals surface area contributed by atoms with Crippen LogP contribution in [-0.2, 0) is 0 Å². The summed E-state index contributed by atoms with van der Waals surface area (Å²) in [5, 5.41) is 5.48. The molecule has 1 aliphatic heterocycles. The number of benzene rings is 12. The van der Waals surface area contributed by atoms with E-state index in [1.54, 1.807) is 0 Å². The van der Waals surface area contributed by atoms with Gasteiger partial charge in [0, 0.05) is 16.5 Å². The van der Waals surface area contributed by atoms with Gasteiger partial charge in [0.1, 0.15) is 0 Å². The van der Waals surface area contributed by atoms with Crippen molar-refractivity contribution in [3.05, 3.63) is 285 Å². The molecule has 2 heterocycles. The first kappa shape index (κ1) is 45.3. The Hall–Kier alpha value is -9.34. The van der Waals surface area contributed by atoms with Crippen LogP contribution in [0.4, 0.5) is 0 Å². The first-order chi connectivity index (χ1) is 37.4. The van der Waals surface area contributed by atoms with Crippen molar-refractivity contribution in [2.24, 2.45) is 0 Å². The maximum absolute atomic E-state index is 2.53. The van der Waals surface area contributed by atoms with Crippen molar-refractivity contribution in [1.82, 2.24) is 4.57 Å². The van der Waals surface area contributed by atoms with Crippen molar-refractivity contribution in [1.29, 1.82) is 0 Å². The standard InChI is InChI=1S/C74H53NSi/c1-76(2)73-48-65(62-36-26-55(27-37-62)52-16-10-5-11-17-52)38-42-67(73)68-43-41-66(49-74(68)76)75-71-44-39-63(60-32-28-58(29-33-60)56-22-18-53(19-23-56)50-12-6-3-7-13-50)46-69(71)70-47-64(40-45-72(70)75)61-34-30-59(31-35-61)57-24-20-54(21-25-57)51-14-8-4-9-15-51/h3-49H,1-2H3/q-1. The second-order valence-corrected chi connectivity index (χ2v) is 25.2. The van der Waals surface area contributed by atoms with Crippen molar-refractivity contribution >= 4 is 40.3 Å². The quantitative estimate of drug-likeness (QED) is 0.127. The third-order valence-electron chi connectivity index (χ3n) is 16.1. The van der Waals surface area contributed by atoms with Gasteiger partial charge in [-0.2, -0.15) is 23.5 Å². The van der Waals surface area contributed by atoms with Crippen LogP contribution in [0.5, 0.6) is 0 Å². The van der Waals surface area contributed by atoms with E-state index in [2.05, 4.69) is 303 Å². The van der Waals surface area contributed by atoms with E-state index in [1.807, 2.05) is 0 Å². The predicted molar refractivity (Wildman–Crippen MR) is 326 cm³/mol. The van der Waals surface area contributed by atoms with Crippen molar-refractivity contribution in [3.8, 4) is 106 Å². The summed E-state index contributed by atoms with van der Waals surface area (Å²) in [4.78, 5) is 0. The van der Waals surface area contributed by atoms with Crippen molar-refractivity contribution in [2.75, 3.05) is 0 Å². The second-order valence-electron chi connectivity index (χ2n) is 20.9. The number of rotatable bonds is 9. The molecule has 0 saturated carbocycles. The van der Waals surface area contributed by atoms with Gasteiger partial charge in [-0.25, -0.2) is 0 Å². The van der Waals surface area contributed by atoms with Gasteiger partial charge in [-0.1, -0.05) is 274 Å². The van der Waals surface area contributed by atoms with Crippen LogP contribution in [-0.4, -0.2) is 12.6 Å². The molecule has 0 radical (unpaired) electrons. The highest BCUT2D eigenvalue weighted by atomic mass is 28.3. The van der Waals surface area contributed by atoms with Crippen molar-refractivity contribution in [3.63, 3.8) is 0 Å². The Morgan fingerprint density at radius 1 is 0.224 bits per heavy atom. The monoisotopic (exact) mass is 983 g/mol. The molecule has 0 bridgehead atoms. The van der Waals surface area contributed by atoms with E-state index in [1.165, 1.54) is 138 Å². The smallest absolute Gasteiger partial charge is 0.0541 e. The molecular formula is C74H53NSi-. The molecule has 0 unspecified atom stereocenters. The Labute approximate surface area is 446 Å². The molecule has 359 valence electrons. The molecule has 0 N–H and O–H groups in total. The van der Waals surface area contributed by atoms with Crippen LogP contribution in [0.15, 0.2) is 285 Å². The Morgan fingerprint density at radius 2 is 0.474 bits per heavy atom. The van der Waals surface area contributed by atoms with E-state index in [9.17, 15) is 0 Å². The van der Waals surface area contributed by atoms with Gasteiger partial charge in [-0.15, -0.1) is 0 Å². The van der Waals surface area contributed by atoms with Gasteiger partial charge in [-0.05, 0) is 119 Å². The Bertz CT molecular complexity index is 4080. The first-order valence-electron chi connectivity index (χ1n) is 26.5. The molecule has 76 heavy (non-hydrogen) atoms. The fourth-order valence-electron chi connectivity index (χ4n) is 11.9. The summed E-state index contributed by atoms with van der Waals surface area (Å²) < 4.78 is 2.51. The van der Waals surface area contributed by atoms with Crippen molar-refractivity contribution < 1.29 is 0 Å². The van der Waals surface area contributed by atoms with Crippen LogP contribution in [0.3, 0.4) is 0 Å². The normalized spacial score (nSPS) is 12.4. The van der Waals surface area contributed by atoms with Crippen LogP contribution >= 0.6 is 0 Å². The molecule has 0 saturated heterocycles. The molecule has 0 aliphatic carbocycles. The summed E-state index contributed by atoms with van der Waals surface area (Å²) in [5.41, 5.74) is 25.9. The molecule has 1 nitrogen and oxygen atoms in total. The Morgan fingerprint density at radius 3 is 0.816 bits per heavy atom. The average Bonchev–Trinajstić information content (AvgIpc) is 4.13. The number of hydrogen-bond acceptors (Lipinski definition) is 0. The highest BCUT2D eigenvalue weighted by molar-refractivity contribution is 7.03. The van der Waals surface area contributed by atoms with Gasteiger partial charge >= 0.3 is 0 Å². The van der Waals surface area contributed by atoms with Gasteiger partial charge in [0.25, 0.3) is 0 Å². The zero-order valence-electron chi connectivity index (χ0n) is 42.6. The third-order valence-corrected chi connectivity index (χ3v) is 19.6. The zero-order chi connectivity index (χ0) is 50.7. The maximum Gasteiger partial charge on any atom is 0.0541 e. The van der Waals surface area contributed by atoms with E-state index in [0.717, 1.165) is 0 Å². The minimum Gasteiger partial charge on any atom is -0.309 e. The van der Waals surface area contributed by atoms with Gasteiger partial charge in [0.15, 0.2) is 0 Å². The molecule has 0 amide bonds. The molecule has 14 rings (SSSR count). The van der Waals surface area contributed by atoms with E-state index >= 15 is 0 Å². The van der Waals surface area contributed by atoms with Crippen LogP contribution in [0.1, 0.15) is 0 Å². The Balaban J connectivity index is 0.826. The number of fused-ring (bicyclic) bond motifs is 6. The summed E-state index contributed by atoms with van der Waals surface area (Å²) in [6.07, 6.45) is 0. The first-order valence-corrected chi connectivity index (χ1v) is 29.5. The second kappa shape index (κ2) is 18.5.